The topological polar surface area (TPSA) is 92.0 Å². The Morgan fingerprint density at radius 1 is 1.24 bits per heavy atom. The van der Waals surface area contributed by atoms with Crippen LogP contribution >= 0.6 is 0 Å². The molecule has 90 valence electrons. The van der Waals surface area contributed by atoms with Gasteiger partial charge in [-0.15, -0.1) is 0 Å². The number of anilines is 2. The number of aryl methyl sites for hydroxylation is 2. The highest BCUT2D eigenvalue weighted by Crippen LogP contribution is 2.28. The molecule has 0 bridgehead atoms. The van der Waals surface area contributed by atoms with Gasteiger partial charge in [0, 0.05) is 13.1 Å². The molecule has 2 rings (SSSR count). The molecular formula is C11H15N5O. The van der Waals surface area contributed by atoms with Gasteiger partial charge in [0.2, 0.25) is 5.88 Å². The van der Waals surface area contributed by atoms with Crippen molar-refractivity contribution in [3.63, 3.8) is 0 Å². The Labute approximate surface area is 99.2 Å². The number of nitrogen functional groups attached to an aromatic ring is 2. The number of nitrogens with two attached hydrogens (primary N) is 2. The second kappa shape index (κ2) is 3.97. The Kier molecular flexibility index (Phi) is 2.63. The Balaban J connectivity index is 2.34. The summed E-state index contributed by atoms with van der Waals surface area (Å²) in [7, 11) is 1.86. The fourth-order valence-corrected chi connectivity index (χ4v) is 1.53. The first-order valence-corrected chi connectivity index (χ1v) is 5.19. The third kappa shape index (κ3) is 2.01. The standard InChI is InChI=1S/C11H15N5O/c1-6-10(7(2)16(3)15-6)17-9-5-4-8(12)11(13)14-9/h4-5H,12H2,1-3H3,(H2,13,14). The molecule has 0 saturated heterocycles. The monoisotopic (exact) mass is 233 g/mol. The highest BCUT2D eigenvalue weighted by molar-refractivity contribution is 5.59. The Bertz CT molecular complexity index is 561. The second-order valence-electron chi connectivity index (χ2n) is 3.85. The molecule has 0 fully saturated rings. The minimum Gasteiger partial charge on any atom is -0.435 e. The van der Waals surface area contributed by atoms with Crippen LogP contribution in [0.3, 0.4) is 0 Å². The first-order valence-electron chi connectivity index (χ1n) is 5.19. The van der Waals surface area contributed by atoms with Crippen LogP contribution in [0.5, 0.6) is 11.6 Å². The van der Waals surface area contributed by atoms with Crippen molar-refractivity contribution in [3.05, 3.63) is 23.5 Å². The van der Waals surface area contributed by atoms with Crippen LogP contribution in [0.25, 0.3) is 0 Å². The van der Waals surface area contributed by atoms with Crippen LogP contribution in [0, 0.1) is 13.8 Å². The highest BCUT2D eigenvalue weighted by Gasteiger charge is 2.12. The van der Waals surface area contributed by atoms with Crippen molar-refractivity contribution in [1.29, 1.82) is 0 Å². The molecule has 0 aliphatic rings. The summed E-state index contributed by atoms with van der Waals surface area (Å²) in [6.07, 6.45) is 0. The normalized spacial score (nSPS) is 10.5. The molecule has 2 heterocycles. The van der Waals surface area contributed by atoms with Crippen LogP contribution in [0.1, 0.15) is 11.4 Å². The van der Waals surface area contributed by atoms with Crippen LogP contribution in [-0.2, 0) is 7.05 Å². The smallest absolute Gasteiger partial charge is 0.221 e. The van der Waals surface area contributed by atoms with Gasteiger partial charge in [-0.05, 0) is 19.9 Å². The van der Waals surface area contributed by atoms with Crippen LogP contribution < -0.4 is 16.2 Å². The molecule has 0 unspecified atom stereocenters. The summed E-state index contributed by atoms with van der Waals surface area (Å²) in [5, 5.41) is 4.25. The van der Waals surface area contributed by atoms with E-state index in [1.165, 1.54) is 0 Å². The van der Waals surface area contributed by atoms with Gasteiger partial charge in [0.25, 0.3) is 0 Å². The van der Waals surface area contributed by atoms with Gasteiger partial charge in [-0.1, -0.05) is 0 Å². The summed E-state index contributed by atoms with van der Waals surface area (Å²) in [5.41, 5.74) is 13.4. The number of ether oxygens (including phenoxy) is 1. The van der Waals surface area contributed by atoms with E-state index in [0.29, 0.717) is 17.3 Å². The van der Waals surface area contributed by atoms with E-state index in [1.54, 1.807) is 16.8 Å². The van der Waals surface area contributed by atoms with Crippen LogP contribution in [-0.4, -0.2) is 14.8 Å². The maximum atomic E-state index is 5.67. The Hall–Kier alpha value is -2.24. The summed E-state index contributed by atoms with van der Waals surface area (Å²) >= 11 is 0. The van der Waals surface area contributed by atoms with Gasteiger partial charge < -0.3 is 16.2 Å². The first-order chi connectivity index (χ1) is 7.99. The number of nitrogens with zero attached hydrogens (tertiary/aromatic N) is 3. The number of pyridine rings is 1. The van der Waals surface area contributed by atoms with E-state index in [2.05, 4.69) is 10.1 Å². The van der Waals surface area contributed by atoms with Crippen molar-refractivity contribution >= 4 is 11.5 Å². The average Bonchev–Trinajstić information content (AvgIpc) is 2.50. The second-order valence-corrected chi connectivity index (χ2v) is 3.85. The van der Waals surface area contributed by atoms with E-state index in [9.17, 15) is 0 Å². The summed E-state index contributed by atoms with van der Waals surface area (Å²) in [5.74, 6) is 1.38. The minimum atomic E-state index is 0.265. The van der Waals surface area contributed by atoms with Crippen LogP contribution in [0.4, 0.5) is 11.5 Å². The molecule has 0 aliphatic carbocycles. The number of hydrogen-bond donors (Lipinski definition) is 2. The maximum absolute atomic E-state index is 5.67. The zero-order valence-corrected chi connectivity index (χ0v) is 10.1. The lowest BCUT2D eigenvalue weighted by atomic mass is 10.3. The molecule has 0 aromatic carbocycles. The zero-order chi connectivity index (χ0) is 12.6. The summed E-state index contributed by atoms with van der Waals surface area (Å²) in [6.45, 7) is 3.80. The SMILES string of the molecule is Cc1nn(C)c(C)c1Oc1ccc(N)c(N)n1. The fraction of sp³-hybridized carbons (Fsp3) is 0.273. The molecule has 0 spiro atoms. The van der Waals surface area contributed by atoms with Crippen molar-refractivity contribution in [3.8, 4) is 11.6 Å². The van der Waals surface area contributed by atoms with E-state index in [4.69, 9.17) is 16.2 Å². The molecule has 0 atom stereocenters. The highest BCUT2D eigenvalue weighted by atomic mass is 16.5. The van der Waals surface area contributed by atoms with E-state index < -0.39 is 0 Å². The molecule has 4 N–H and O–H groups in total. The largest absolute Gasteiger partial charge is 0.435 e. The van der Waals surface area contributed by atoms with Crippen molar-refractivity contribution in [2.24, 2.45) is 7.05 Å². The average molecular weight is 233 g/mol. The van der Waals surface area contributed by atoms with Gasteiger partial charge >= 0.3 is 0 Å². The van der Waals surface area contributed by atoms with E-state index >= 15 is 0 Å². The van der Waals surface area contributed by atoms with Crippen molar-refractivity contribution < 1.29 is 4.74 Å². The Morgan fingerprint density at radius 3 is 2.47 bits per heavy atom. The third-order valence-corrected chi connectivity index (χ3v) is 2.58. The molecule has 0 saturated carbocycles. The lowest BCUT2D eigenvalue weighted by molar-refractivity contribution is 0.456. The quantitative estimate of drug-likeness (QED) is 0.817. The van der Waals surface area contributed by atoms with Gasteiger partial charge in [0.15, 0.2) is 11.6 Å². The predicted molar refractivity (Wildman–Crippen MR) is 65.8 cm³/mol. The van der Waals surface area contributed by atoms with E-state index in [1.807, 2.05) is 20.9 Å². The summed E-state index contributed by atoms with van der Waals surface area (Å²) in [6, 6.07) is 3.34. The van der Waals surface area contributed by atoms with Gasteiger partial charge in [-0.2, -0.15) is 10.1 Å². The van der Waals surface area contributed by atoms with Crippen molar-refractivity contribution in [1.82, 2.24) is 14.8 Å². The summed E-state index contributed by atoms with van der Waals surface area (Å²) < 4.78 is 7.42. The van der Waals surface area contributed by atoms with Crippen LogP contribution in [0.15, 0.2) is 12.1 Å². The van der Waals surface area contributed by atoms with Crippen LogP contribution in [0.2, 0.25) is 0 Å². The molecule has 0 amide bonds. The van der Waals surface area contributed by atoms with Crippen molar-refractivity contribution in [2.75, 3.05) is 11.5 Å². The molecule has 2 aromatic heterocycles. The van der Waals surface area contributed by atoms with Gasteiger partial charge in [-0.25, -0.2) is 0 Å². The molecule has 0 radical (unpaired) electrons. The van der Waals surface area contributed by atoms with Crippen molar-refractivity contribution in [2.45, 2.75) is 13.8 Å². The number of rotatable bonds is 2. The Morgan fingerprint density at radius 2 is 1.94 bits per heavy atom. The first kappa shape index (κ1) is 11.3. The lowest BCUT2D eigenvalue weighted by Gasteiger charge is -2.06. The van der Waals surface area contributed by atoms with Gasteiger partial charge in [0.05, 0.1) is 11.4 Å². The van der Waals surface area contributed by atoms with E-state index in [0.717, 1.165) is 11.4 Å². The molecule has 0 aliphatic heterocycles. The third-order valence-electron chi connectivity index (χ3n) is 2.58. The minimum absolute atomic E-state index is 0.265. The maximum Gasteiger partial charge on any atom is 0.221 e. The molecule has 17 heavy (non-hydrogen) atoms. The molecule has 2 aromatic rings. The van der Waals surface area contributed by atoms with Gasteiger partial charge in [-0.3, -0.25) is 4.68 Å². The molecule has 6 nitrogen and oxygen atoms in total. The molecule has 6 heteroatoms. The zero-order valence-electron chi connectivity index (χ0n) is 10.1. The van der Waals surface area contributed by atoms with E-state index in [-0.39, 0.29) is 5.82 Å². The predicted octanol–water partition coefficient (Wildman–Crippen LogP) is 1.39. The summed E-state index contributed by atoms with van der Waals surface area (Å²) in [4.78, 5) is 4.05. The number of hydrogen-bond acceptors (Lipinski definition) is 5. The number of aromatic nitrogens is 3. The fourth-order valence-electron chi connectivity index (χ4n) is 1.53. The van der Waals surface area contributed by atoms with Gasteiger partial charge in [0.1, 0.15) is 5.69 Å². The lowest BCUT2D eigenvalue weighted by Crippen LogP contribution is -1.99. The molecular weight excluding hydrogens is 218 g/mol.